The minimum atomic E-state index is -1.06. The second-order valence-electron chi connectivity index (χ2n) is 3.59. The number of benzene rings is 1. The fourth-order valence-corrected chi connectivity index (χ4v) is 1.37. The maximum atomic E-state index is 11.4. The van der Waals surface area contributed by atoms with Gasteiger partial charge < -0.3 is 18.9 Å². The molecule has 0 radical (unpaired) electrons. The minimum absolute atomic E-state index is 0.169. The van der Waals surface area contributed by atoms with E-state index in [2.05, 4.69) is 0 Å². The van der Waals surface area contributed by atoms with E-state index in [0.717, 1.165) is 0 Å². The topological polar surface area (TPSA) is 71.1 Å². The van der Waals surface area contributed by atoms with Crippen LogP contribution in [0.4, 0.5) is 0 Å². The van der Waals surface area contributed by atoms with Gasteiger partial charge in [0.1, 0.15) is 18.6 Å². The van der Waals surface area contributed by atoms with Gasteiger partial charge in [0, 0.05) is 0 Å². The first-order valence-electron chi connectivity index (χ1n) is 5.39. The molecular weight excluding hydrogens is 240 g/mol. The van der Waals surface area contributed by atoms with Crippen LogP contribution < -0.4 is 4.74 Å². The lowest BCUT2D eigenvalue weighted by Gasteiger charge is -2.21. The van der Waals surface area contributed by atoms with Crippen molar-refractivity contribution < 1.29 is 28.5 Å². The highest BCUT2D eigenvalue weighted by Crippen LogP contribution is 2.09. The molecule has 0 bridgehead atoms. The highest BCUT2D eigenvalue weighted by Gasteiger charge is 2.25. The summed E-state index contributed by atoms with van der Waals surface area (Å²) in [7, 11) is 0. The lowest BCUT2D eigenvalue weighted by atomic mass is 10.3. The van der Waals surface area contributed by atoms with Gasteiger partial charge in [-0.3, -0.25) is 0 Å². The Kier molecular flexibility index (Phi) is 4.27. The van der Waals surface area contributed by atoms with E-state index in [1.165, 1.54) is 0 Å². The third-order valence-corrected chi connectivity index (χ3v) is 2.17. The predicted octanol–water partition coefficient (Wildman–Crippen LogP) is 0.508. The first kappa shape index (κ1) is 12.5. The molecule has 1 saturated heterocycles. The summed E-state index contributed by atoms with van der Waals surface area (Å²) < 4.78 is 19.5. The smallest absolute Gasteiger partial charge is 0.422 e. The van der Waals surface area contributed by atoms with Crippen LogP contribution in [0.25, 0.3) is 0 Å². The van der Waals surface area contributed by atoms with E-state index < -0.39 is 18.0 Å². The van der Waals surface area contributed by atoms with Crippen LogP contribution in [0.5, 0.6) is 5.75 Å². The van der Waals surface area contributed by atoms with Crippen LogP contribution in [0.1, 0.15) is 0 Å². The Labute approximate surface area is 103 Å². The van der Waals surface area contributed by atoms with E-state index in [1.54, 1.807) is 30.3 Å². The summed E-state index contributed by atoms with van der Waals surface area (Å²) in [6.07, 6.45) is -0.574. The van der Waals surface area contributed by atoms with Crippen LogP contribution in [0, 0.1) is 0 Å². The standard InChI is InChI=1S/C12H12O6/c13-11(17-9-4-2-1-3-5-9)12(14)18-10-6-15-8-16-7-10/h1-5,10H,6-8H2. The molecule has 1 fully saturated rings. The molecule has 0 saturated carbocycles. The lowest BCUT2D eigenvalue weighted by Crippen LogP contribution is -2.36. The molecule has 0 spiro atoms. The van der Waals surface area contributed by atoms with Crippen molar-refractivity contribution in [2.24, 2.45) is 0 Å². The quantitative estimate of drug-likeness (QED) is 0.434. The van der Waals surface area contributed by atoms with Crippen LogP contribution in [0.15, 0.2) is 30.3 Å². The van der Waals surface area contributed by atoms with Gasteiger partial charge in [-0.1, -0.05) is 18.2 Å². The van der Waals surface area contributed by atoms with E-state index in [-0.39, 0.29) is 25.8 Å². The summed E-state index contributed by atoms with van der Waals surface area (Å²) in [5.41, 5.74) is 0. The maximum Gasteiger partial charge on any atom is 0.422 e. The summed E-state index contributed by atoms with van der Waals surface area (Å²) in [5, 5.41) is 0. The van der Waals surface area contributed by atoms with E-state index in [9.17, 15) is 9.59 Å². The zero-order valence-electron chi connectivity index (χ0n) is 9.53. The highest BCUT2D eigenvalue weighted by atomic mass is 16.7. The number of para-hydroxylation sites is 1. The zero-order chi connectivity index (χ0) is 12.8. The number of rotatable bonds is 2. The van der Waals surface area contributed by atoms with Crippen LogP contribution in [-0.4, -0.2) is 38.0 Å². The highest BCUT2D eigenvalue weighted by molar-refractivity contribution is 6.30. The normalized spacial score (nSPS) is 16.0. The predicted molar refractivity (Wildman–Crippen MR) is 58.7 cm³/mol. The average Bonchev–Trinajstić information content (AvgIpc) is 2.41. The Morgan fingerprint density at radius 2 is 1.72 bits per heavy atom. The van der Waals surface area contributed by atoms with Crippen molar-refractivity contribution >= 4 is 11.9 Å². The third kappa shape index (κ3) is 3.54. The molecule has 1 aliphatic heterocycles. The van der Waals surface area contributed by atoms with Crippen molar-refractivity contribution in [1.29, 1.82) is 0 Å². The number of hydrogen-bond donors (Lipinski definition) is 0. The Morgan fingerprint density at radius 3 is 2.39 bits per heavy atom. The Bertz CT molecular complexity index is 410. The molecule has 0 aliphatic carbocycles. The van der Waals surface area contributed by atoms with Gasteiger partial charge in [0.05, 0.1) is 13.2 Å². The van der Waals surface area contributed by atoms with Crippen molar-refractivity contribution in [2.45, 2.75) is 6.10 Å². The molecule has 2 rings (SSSR count). The number of esters is 2. The monoisotopic (exact) mass is 252 g/mol. The molecule has 0 aromatic heterocycles. The molecule has 1 aliphatic rings. The van der Waals surface area contributed by atoms with Crippen LogP contribution >= 0.6 is 0 Å². The largest absolute Gasteiger partial charge is 0.449 e. The Morgan fingerprint density at radius 1 is 1.06 bits per heavy atom. The maximum absolute atomic E-state index is 11.4. The fraction of sp³-hybridized carbons (Fsp3) is 0.333. The molecule has 1 heterocycles. The minimum Gasteiger partial charge on any atom is -0.449 e. The average molecular weight is 252 g/mol. The second-order valence-corrected chi connectivity index (χ2v) is 3.59. The molecule has 6 nitrogen and oxygen atoms in total. The number of carbonyl (C=O) groups is 2. The van der Waals surface area contributed by atoms with Gasteiger partial charge in [-0.05, 0) is 12.1 Å². The number of carbonyl (C=O) groups excluding carboxylic acids is 2. The van der Waals surface area contributed by atoms with Gasteiger partial charge in [0.15, 0.2) is 0 Å². The van der Waals surface area contributed by atoms with Gasteiger partial charge in [0.25, 0.3) is 0 Å². The first-order chi connectivity index (χ1) is 8.75. The van der Waals surface area contributed by atoms with E-state index in [0.29, 0.717) is 0 Å². The third-order valence-electron chi connectivity index (χ3n) is 2.17. The molecule has 1 aromatic carbocycles. The summed E-state index contributed by atoms with van der Waals surface area (Å²) >= 11 is 0. The van der Waals surface area contributed by atoms with Crippen molar-refractivity contribution in [1.82, 2.24) is 0 Å². The zero-order valence-corrected chi connectivity index (χ0v) is 9.53. The number of ether oxygens (including phenoxy) is 4. The Balaban J connectivity index is 1.83. The fourth-order valence-electron chi connectivity index (χ4n) is 1.37. The molecule has 0 unspecified atom stereocenters. The summed E-state index contributed by atoms with van der Waals surface area (Å²) in [5.74, 6) is -1.83. The van der Waals surface area contributed by atoms with Crippen molar-refractivity contribution in [3.63, 3.8) is 0 Å². The van der Waals surface area contributed by atoms with E-state index in [4.69, 9.17) is 18.9 Å². The van der Waals surface area contributed by atoms with Crippen molar-refractivity contribution in [3.05, 3.63) is 30.3 Å². The molecular formula is C12H12O6. The van der Waals surface area contributed by atoms with Crippen LogP contribution in [0.2, 0.25) is 0 Å². The van der Waals surface area contributed by atoms with Gasteiger partial charge >= 0.3 is 11.9 Å². The molecule has 18 heavy (non-hydrogen) atoms. The van der Waals surface area contributed by atoms with E-state index >= 15 is 0 Å². The van der Waals surface area contributed by atoms with Gasteiger partial charge in [-0.15, -0.1) is 0 Å². The summed E-state index contributed by atoms with van der Waals surface area (Å²) in [6.45, 7) is 0.594. The number of hydrogen-bond acceptors (Lipinski definition) is 6. The van der Waals surface area contributed by atoms with Crippen molar-refractivity contribution in [2.75, 3.05) is 20.0 Å². The molecule has 0 N–H and O–H groups in total. The van der Waals surface area contributed by atoms with Crippen molar-refractivity contribution in [3.8, 4) is 5.75 Å². The molecule has 0 amide bonds. The molecule has 6 heteroatoms. The Hall–Kier alpha value is -1.92. The van der Waals surface area contributed by atoms with E-state index in [1.807, 2.05) is 0 Å². The summed E-state index contributed by atoms with van der Waals surface area (Å²) in [4.78, 5) is 22.8. The molecule has 1 aromatic rings. The lowest BCUT2D eigenvalue weighted by molar-refractivity contribution is -0.188. The van der Waals surface area contributed by atoms with Crippen LogP contribution in [-0.2, 0) is 23.8 Å². The molecule has 0 atom stereocenters. The van der Waals surface area contributed by atoms with Crippen LogP contribution in [0.3, 0.4) is 0 Å². The van der Waals surface area contributed by atoms with Gasteiger partial charge in [-0.2, -0.15) is 0 Å². The second kappa shape index (κ2) is 6.13. The van der Waals surface area contributed by atoms with Gasteiger partial charge in [-0.25, -0.2) is 9.59 Å². The molecule has 96 valence electrons. The SMILES string of the molecule is O=C(Oc1ccccc1)C(=O)OC1COCOC1. The summed E-state index contributed by atoms with van der Waals surface area (Å²) in [6, 6.07) is 8.29. The van der Waals surface area contributed by atoms with Gasteiger partial charge in [0.2, 0.25) is 0 Å². The first-order valence-corrected chi connectivity index (χ1v) is 5.39.